The lowest BCUT2D eigenvalue weighted by atomic mass is 10.1. The second-order valence-corrected chi connectivity index (χ2v) is 3.81. The number of rotatable bonds is 2. The smallest absolute Gasteiger partial charge is 0.149 e. The molecule has 0 aliphatic carbocycles. The number of hydrogen-bond acceptors (Lipinski definition) is 3. The maximum Gasteiger partial charge on any atom is 0.149 e. The molecule has 0 aliphatic heterocycles. The number of nitrogens with zero attached hydrogens (tertiary/aromatic N) is 1. The van der Waals surface area contributed by atoms with Crippen LogP contribution in [0.3, 0.4) is 0 Å². The Labute approximate surface area is 93.5 Å². The largest absolute Gasteiger partial charge is 0.308 e. The number of hydrazine groups is 1. The van der Waals surface area contributed by atoms with E-state index in [4.69, 9.17) is 5.84 Å². The fourth-order valence-corrected chi connectivity index (χ4v) is 1.82. The zero-order valence-electron chi connectivity index (χ0n) is 9.34. The molecule has 0 saturated carbocycles. The highest BCUT2D eigenvalue weighted by Crippen LogP contribution is 2.23. The number of pyridine rings is 1. The predicted molar refractivity (Wildman–Crippen MR) is 63.6 cm³/mol. The molecule has 2 aromatic rings. The first kappa shape index (κ1) is 10.8. The number of anilines is 1. The zero-order chi connectivity index (χ0) is 11.7. The number of hydrogen-bond donors (Lipinski definition) is 2. The number of nitrogen functional groups attached to an aromatic ring is 1. The monoisotopic (exact) mass is 219 g/mol. The summed E-state index contributed by atoms with van der Waals surface area (Å²) in [6.07, 6.45) is 0.804. The minimum atomic E-state index is -0.311. The number of aryl methyl sites for hydroxylation is 2. The average Bonchev–Trinajstić information content (AvgIpc) is 2.27. The first-order valence-corrected chi connectivity index (χ1v) is 5.22. The van der Waals surface area contributed by atoms with Gasteiger partial charge in [0.25, 0.3) is 0 Å². The van der Waals surface area contributed by atoms with E-state index in [0.29, 0.717) is 11.3 Å². The van der Waals surface area contributed by atoms with Crippen LogP contribution in [0.25, 0.3) is 10.9 Å². The van der Waals surface area contributed by atoms with Crippen LogP contribution in [0.15, 0.2) is 18.2 Å². The highest BCUT2D eigenvalue weighted by atomic mass is 19.1. The van der Waals surface area contributed by atoms with E-state index in [-0.39, 0.29) is 5.82 Å². The Kier molecular flexibility index (Phi) is 2.75. The predicted octanol–water partition coefficient (Wildman–Crippen LogP) is 2.53. The molecule has 0 bridgehead atoms. The van der Waals surface area contributed by atoms with E-state index in [1.165, 1.54) is 6.07 Å². The quantitative estimate of drug-likeness (QED) is 0.602. The van der Waals surface area contributed by atoms with E-state index in [1.54, 1.807) is 0 Å². The highest BCUT2D eigenvalue weighted by Gasteiger charge is 2.08. The lowest BCUT2D eigenvalue weighted by molar-refractivity contribution is 0.635. The third-order valence-electron chi connectivity index (χ3n) is 2.61. The molecule has 0 atom stereocenters. The van der Waals surface area contributed by atoms with Crippen LogP contribution < -0.4 is 11.3 Å². The first-order valence-electron chi connectivity index (χ1n) is 5.22. The van der Waals surface area contributed by atoms with Crippen LogP contribution in [0, 0.1) is 12.7 Å². The van der Waals surface area contributed by atoms with Crippen molar-refractivity contribution in [2.75, 3.05) is 5.43 Å². The summed E-state index contributed by atoms with van der Waals surface area (Å²) in [7, 11) is 0. The van der Waals surface area contributed by atoms with Crippen molar-refractivity contribution < 1.29 is 4.39 Å². The maximum atomic E-state index is 13.7. The van der Waals surface area contributed by atoms with Gasteiger partial charge >= 0.3 is 0 Å². The van der Waals surface area contributed by atoms with Crippen LogP contribution in [0.4, 0.5) is 10.2 Å². The average molecular weight is 219 g/mol. The van der Waals surface area contributed by atoms with Gasteiger partial charge in [0.15, 0.2) is 0 Å². The van der Waals surface area contributed by atoms with Gasteiger partial charge in [-0.05, 0) is 42.7 Å². The van der Waals surface area contributed by atoms with Gasteiger partial charge in [0.2, 0.25) is 0 Å². The van der Waals surface area contributed by atoms with Crippen molar-refractivity contribution in [3.63, 3.8) is 0 Å². The maximum absolute atomic E-state index is 13.7. The van der Waals surface area contributed by atoms with Gasteiger partial charge in [0.05, 0.1) is 0 Å². The highest BCUT2D eigenvalue weighted by molar-refractivity contribution is 5.83. The topological polar surface area (TPSA) is 50.9 Å². The fraction of sp³-hybridized carbons (Fsp3) is 0.250. The van der Waals surface area contributed by atoms with Crippen LogP contribution in [-0.2, 0) is 6.42 Å². The Balaban J connectivity index is 2.78. The second-order valence-electron chi connectivity index (χ2n) is 3.81. The van der Waals surface area contributed by atoms with Gasteiger partial charge in [-0.3, -0.25) is 0 Å². The number of nitrogens with two attached hydrogens (primary N) is 1. The molecule has 0 unspecified atom stereocenters. The molecule has 0 saturated heterocycles. The lowest BCUT2D eigenvalue weighted by Gasteiger charge is -2.09. The van der Waals surface area contributed by atoms with Crippen LogP contribution in [0.2, 0.25) is 0 Å². The van der Waals surface area contributed by atoms with E-state index in [1.807, 2.05) is 26.0 Å². The third-order valence-corrected chi connectivity index (χ3v) is 2.61. The van der Waals surface area contributed by atoms with Crippen LogP contribution in [-0.4, -0.2) is 4.98 Å². The summed E-state index contributed by atoms with van der Waals surface area (Å²) in [5.74, 6) is 5.59. The molecule has 0 aliphatic rings. The molecule has 1 aromatic carbocycles. The molecule has 1 heterocycles. The summed E-state index contributed by atoms with van der Waals surface area (Å²) in [5.41, 5.74) is 4.74. The summed E-state index contributed by atoms with van der Waals surface area (Å²) in [6, 6.07) is 5.32. The molecular formula is C12H14FN3. The van der Waals surface area contributed by atoms with Crippen molar-refractivity contribution >= 4 is 16.7 Å². The number of benzene rings is 1. The SMILES string of the molecule is CCc1cc2cc(C)cc(F)c2nc1NN. The van der Waals surface area contributed by atoms with Crippen LogP contribution >= 0.6 is 0 Å². The summed E-state index contributed by atoms with van der Waals surface area (Å²) in [6.45, 7) is 3.87. The molecule has 3 N–H and O–H groups in total. The number of nitrogens with one attached hydrogen (secondary N) is 1. The minimum Gasteiger partial charge on any atom is -0.308 e. The Bertz CT molecular complexity index is 537. The van der Waals surface area contributed by atoms with E-state index in [0.717, 1.165) is 22.9 Å². The van der Waals surface area contributed by atoms with Crippen molar-refractivity contribution in [3.8, 4) is 0 Å². The number of fused-ring (bicyclic) bond motifs is 1. The molecule has 0 fully saturated rings. The van der Waals surface area contributed by atoms with Gasteiger partial charge in [-0.25, -0.2) is 15.2 Å². The lowest BCUT2D eigenvalue weighted by Crippen LogP contribution is -2.11. The Morgan fingerprint density at radius 3 is 2.75 bits per heavy atom. The molecule has 0 spiro atoms. The van der Waals surface area contributed by atoms with E-state index < -0.39 is 0 Å². The fourth-order valence-electron chi connectivity index (χ4n) is 1.82. The summed E-state index contributed by atoms with van der Waals surface area (Å²) >= 11 is 0. The molecule has 0 radical (unpaired) electrons. The summed E-state index contributed by atoms with van der Waals surface area (Å²) in [5, 5.41) is 0.813. The van der Waals surface area contributed by atoms with Gasteiger partial charge in [0.1, 0.15) is 17.2 Å². The third kappa shape index (κ3) is 1.72. The molecule has 1 aromatic heterocycles. The van der Waals surface area contributed by atoms with Gasteiger partial charge in [-0.1, -0.05) is 6.92 Å². The van der Waals surface area contributed by atoms with Crippen molar-refractivity contribution in [3.05, 3.63) is 35.1 Å². The molecule has 84 valence electrons. The van der Waals surface area contributed by atoms with Crippen molar-refractivity contribution in [2.24, 2.45) is 5.84 Å². The second kappa shape index (κ2) is 4.06. The Morgan fingerprint density at radius 1 is 1.38 bits per heavy atom. The Morgan fingerprint density at radius 2 is 2.12 bits per heavy atom. The molecule has 2 rings (SSSR count). The molecule has 4 heteroatoms. The standard InChI is InChI=1S/C12H14FN3/c1-3-8-6-9-4-7(2)5-10(13)11(9)15-12(8)16-14/h4-6H,3,14H2,1-2H3,(H,15,16). The van der Waals surface area contributed by atoms with Gasteiger partial charge in [-0.2, -0.15) is 0 Å². The molecular weight excluding hydrogens is 205 g/mol. The van der Waals surface area contributed by atoms with Crippen LogP contribution in [0.5, 0.6) is 0 Å². The molecule has 3 nitrogen and oxygen atoms in total. The van der Waals surface area contributed by atoms with Gasteiger partial charge < -0.3 is 5.43 Å². The zero-order valence-corrected chi connectivity index (χ0v) is 9.34. The summed E-state index contributed by atoms with van der Waals surface area (Å²) in [4.78, 5) is 4.19. The van der Waals surface area contributed by atoms with Gasteiger partial charge in [-0.15, -0.1) is 0 Å². The molecule has 16 heavy (non-hydrogen) atoms. The summed E-state index contributed by atoms with van der Waals surface area (Å²) < 4.78 is 13.7. The number of aromatic nitrogens is 1. The van der Waals surface area contributed by atoms with E-state index >= 15 is 0 Å². The number of halogens is 1. The Hall–Kier alpha value is -1.68. The van der Waals surface area contributed by atoms with E-state index in [2.05, 4.69) is 10.4 Å². The molecule has 0 amide bonds. The van der Waals surface area contributed by atoms with Crippen molar-refractivity contribution in [1.82, 2.24) is 4.98 Å². The normalized spacial score (nSPS) is 10.8. The van der Waals surface area contributed by atoms with E-state index in [9.17, 15) is 4.39 Å². The first-order chi connectivity index (χ1) is 7.65. The van der Waals surface area contributed by atoms with Crippen molar-refractivity contribution in [1.29, 1.82) is 0 Å². The van der Waals surface area contributed by atoms with Crippen molar-refractivity contribution in [2.45, 2.75) is 20.3 Å². The minimum absolute atomic E-state index is 0.311. The van der Waals surface area contributed by atoms with Crippen LogP contribution in [0.1, 0.15) is 18.1 Å². The van der Waals surface area contributed by atoms with Gasteiger partial charge in [0, 0.05) is 5.39 Å².